The summed E-state index contributed by atoms with van der Waals surface area (Å²) >= 11 is 0. The van der Waals surface area contributed by atoms with E-state index < -0.39 is 0 Å². The molecule has 3 rings (SSSR count). The van der Waals surface area contributed by atoms with Crippen molar-refractivity contribution in [2.45, 2.75) is 51.2 Å². The second kappa shape index (κ2) is 9.96. The summed E-state index contributed by atoms with van der Waals surface area (Å²) < 4.78 is 17.0. The van der Waals surface area contributed by atoms with Gasteiger partial charge < -0.3 is 24.0 Å². The molecule has 2 aliphatic heterocycles. The second-order valence-electron chi connectivity index (χ2n) is 7.79. The van der Waals surface area contributed by atoms with E-state index in [1.54, 1.807) is 39.3 Å². The molecule has 29 heavy (non-hydrogen) atoms. The topological polar surface area (TPSA) is 68.3 Å². The highest BCUT2D eigenvalue weighted by molar-refractivity contribution is 5.95. The molecule has 0 spiro atoms. The van der Waals surface area contributed by atoms with Crippen LogP contribution in [0.15, 0.2) is 18.2 Å². The van der Waals surface area contributed by atoms with Crippen molar-refractivity contribution < 1.29 is 23.8 Å². The first kappa shape index (κ1) is 21.4. The Labute approximate surface area is 172 Å². The summed E-state index contributed by atoms with van der Waals surface area (Å²) in [5, 5.41) is 0. The smallest absolute Gasteiger partial charge is 0.254 e. The number of nitrogens with zero attached hydrogens (tertiary/aromatic N) is 2. The summed E-state index contributed by atoms with van der Waals surface area (Å²) in [6.45, 7) is 4.27. The zero-order chi connectivity index (χ0) is 20.8. The van der Waals surface area contributed by atoms with Crippen LogP contribution < -0.4 is 9.47 Å². The largest absolute Gasteiger partial charge is 0.493 e. The third-order valence-electron chi connectivity index (χ3n) is 5.84. The Kier molecular flexibility index (Phi) is 7.36. The van der Waals surface area contributed by atoms with Gasteiger partial charge in [0.1, 0.15) is 6.10 Å². The second-order valence-corrected chi connectivity index (χ2v) is 7.79. The number of hydrogen-bond donors (Lipinski definition) is 0. The van der Waals surface area contributed by atoms with Gasteiger partial charge in [0.2, 0.25) is 5.91 Å². The van der Waals surface area contributed by atoms with Gasteiger partial charge in [-0.25, -0.2) is 0 Å². The van der Waals surface area contributed by atoms with Gasteiger partial charge in [0.25, 0.3) is 5.91 Å². The molecule has 1 aromatic carbocycles. The Morgan fingerprint density at radius 2 is 1.79 bits per heavy atom. The van der Waals surface area contributed by atoms with Crippen molar-refractivity contribution in [1.29, 1.82) is 0 Å². The predicted molar refractivity (Wildman–Crippen MR) is 109 cm³/mol. The monoisotopic (exact) mass is 404 g/mol. The van der Waals surface area contributed by atoms with Crippen molar-refractivity contribution in [3.05, 3.63) is 23.8 Å². The number of benzene rings is 1. The molecular formula is C22H32N2O5. The first-order chi connectivity index (χ1) is 14.0. The van der Waals surface area contributed by atoms with Crippen molar-refractivity contribution in [3.63, 3.8) is 0 Å². The van der Waals surface area contributed by atoms with Gasteiger partial charge in [-0.3, -0.25) is 9.59 Å². The average Bonchev–Trinajstić information content (AvgIpc) is 2.74. The third kappa shape index (κ3) is 5.21. The van der Waals surface area contributed by atoms with Crippen LogP contribution in [0, 0.1) is 0 Å². The molecule has 2 fully saturated rings. The zero-order valence-corrected chi connectivity index (χ0v) is 17.7. The van der Waals surface area contributed by atoms with Gasteiger partial charge in [-0.2, -0.15) is 0 Å². The summed E-state index contributed by atoms with van der Waals surface area (Å²) in [5.74, 6) is 1.30. The van der Waals surface area contributed by atoms with Crippen LogP contribution in [0.4, 0.5) is 0 Å². The molecule has 1 unspecified atom stereocenters. The minimum absolute atomic E-state index is 0.000999. The summed E-state index contributed by atoms with van der Waals surface area (Å²) in [4.78, 5) is 28.5. The number of carbonyl (C=O) groups is 2. The third-order valence-corrected chi connectivity index (χ3v) is 5.84. The maximum Gasteiger partial charge on any atom is 0.254 e. The van der Waals surface area contributed by atoms with Crippen molar-refractivity contribution in [1.82, 2.24) is 9.80 Å². The van der Waals surface area contributed by atoms with E-state index in [0.717, 1.165) is 38.6 Å². The van der Waals surface area contributed by atoms with E-state index in [-0.39, 0.29) is 24.0 Å². The van der Waals surface area contributed by atoms with Crippen LogP contribution in [0.2, 0.25) is 0 Å². The lowest BCUT2D eigenvalue weighted by atomic mass is 10.0. The fraction of sp³-hybridized carbons (Fsp3) is 0.636. The number of amides is 2. The van der Waals surface area contributed by atoms with Crippen molar-refractivity contribution >= 4 is 11.8 Å². The predicted octanol–water partition coefficient (Wildman–Crippen LogP) is 2.73. The lowest BCUT2D eigenvalue weighted by molar-refractivity contribution is -0.130. The summed E-state index contributed by atoms with van der Waals surface area (Å²) in [5.41, 5.74) is 0.602. The lowest BCUT2D eigenvalue weighted by Crippen LogP contribution is -2.46. The number of piperidine rings is 2. The summed E-state index contributed by atoms with van der Waals surface area (Å²) in [6.07, 6.45) is 4.63. The van der Waals surface area contributed by atoms with E-state index in [4.69, 9.17) is 14.2 Å². The van der Waals surface area contributed by atoms with Gasteiger partial charge in [-0.15, -0.1) is 0 Å². The number of hydrogen-bond acceptors (Lipinski definition) is 5. The molecule has 2 aliphatic rings. The number of likely N-dealkylation sites (tertiary alicyclic amines) is 2. The van der Waals surface area contributed by atoms with Gasteiger partial charge >= 0.3 is 0 Å². The van der Waals surface area contributed by atoms with Crippen LogP contribution in [0.5, 0.6) is 11.5 Å². The minimum Gasteiger partial charge on any atom is -0.493 e. The van der Waals surface area contributed by atoms with E-state index in [9.17, 15) is 9.59 Å². The fourth-order valence-corrected chi connectivity index (χ4v) is 4.17. The van der Waals surface area contributed by atoms with Gasteiger partial charge in [-0.1, -0.05) is 0 Å². The Bertz CT molecular complexity index is 713. The van der Waals surface area contributed by atoms with Gasteiger partial charge in [-0.05, 0) is 37.5 Å². The molecule has 0 N–H and O–H groups in total. The molecule has 0 radical (unpaired) electrons. The highest BCUT2D eigenvalue weighted by Crippen LogP contribution is 2.32. The van der Waals surface area contributed by atoms with E-state index in [2.05, 4.69) is 0 Å². The number of ether oxygens (including phenoxy) is 3. The SMILES string of the molecule is COCC1CCCCN1C(=O)c1ccc(OC)c(OC2CCN(C(C)=O)CC2)c1. The van der Waals surface area contributed by atoms with Crippen LogP contribution in [-0.4, -0.2) is 74.2 Å². The Balaban J connectivity index is 1.73. The van der Waals surface area contributed by atoms with Crippen LogP contribution in [-0.2, 0) is 9.53 Å². The van der Waals surface area contributed by atoms with Crippen LogP contribution in [0.3, 0.4) is 0 Å². The Morgan fingerprint density at radius 1 is 1.03 bits per heavy atom. The van der Waals surface area contributed by atoms with Crippen molar-refractivity contribution in [3.8, 4) is 11.5 Å². The summed E-state index contributed by atoms with van der Waals surface area (Å²) in [6, 6.07) is 5.49. The molecule has 2 saturated heterocycles. The maximum absolute atomic E-state index is 13.2. The minimum atomic E-state index is 0.000999. The van der Waals surface area contributed by atoms with E-state index in [0.29, 0.717) is 36.8 Å². The first-order valence-electron chi connectivity index (χ1n) is 10.4. The van der Waals surface area contributed by atoms with Gasteiger partial charge in [0, 0.05) is 52.1 Å². The molecule has 7 nitrogen and oxygen atoms in total. The summed E-state index contributed by atoms with van der Waals surface area (Å²) in [7, 11) is 3.27. The molecule has 0 saturated carbocycles. The Hall–Kier alpha value is -2.28. The molecule has 2 amide bonds. The van der Waals surface area contributed by atoms with Gasteiger partial charge in [0.05, 0.1) is 19.8 Å². The Morgan fingerprint density at radius 3 is 2.45 bits per heavy atom. The van der Waals surface area contributed by atoms with E-state index in [1.165, 1.54) is 0 Å². The molecule has 7 heteroatoms. The van der Waals surface area contributed by atoms with Crippen LogP contribution in [0.1, 0.15) is 49.4 Å². The van der Waals surface area contributed by atoms with Crippen LogP contribution in [0.25, 0.3) is 0 Å². The number of methoxy groups -OCH3 is 2. The lowest BCUT2D eigenvalue weighted by Gasteiger charge is -2.35. The molecule has 0 aliphatic carbocycles. The highest BCUT2D eigenvalue weighted by atomic mass is 16.5. The zero-order valence-electron chi connectivity index (χ0n) is 17.7. The van der Waals surface area contributed by atoms with Crippen LogP contribution >= 0.6 is 0 Å². The first-order valence-corrected chi connectivity index (χ1v) is 10.4. The molecule has 0 bridgehead atoms. The van der Waals surface area contributed by atoms with E-state index >= 15 is 0 Å². The number of rotatable bonds is 6. The molecule has 2 heterocycles. The molecule has 0 aromatic heterocycles. The molecule has 160 valence electrons. The van der Waals surface area contributed by atoms with E-state index in [1.807, 2.05) is 9.80 Å². The molecular weight excluding hydrogens is 372 g/mol. The highest BCUT2D eigenvalue weighted by Gasteiger charge is 2.29. The standard InChI is InChI=1S/C22H32N2O5/c1-16(25)23-12-9-19(10-13-23)29-21-14-17(7-8-20(21)28-3)22(26)24-11-5-4-6-18(24)15-27-2/h7-8,14,18-19H,4-6,9-13,15H2,1-3H3. The quantitative estimate of drug-likeness (QED) is 0.729. The van der Waals surface area contributed by atoms with Crippen molar-refractivity contribution in [2.24, 2.45) is 0 Å². The average molecular weight is 405 g/mol. The maximum atomic E-state index is 13.2. The fourth-order valence-electron chi connectivity index (χ4n) is 4.17. The number of carbonyl (C=O) groups excluding carboxylic acids is 2. The normalized spacial score (nSPS) is 20.4. The molecule has 1 aromatic rings. The van der Waals surface area contributed by atoms with Gasteiger partial charge in [0.15, 0.2) is 11.5 Å². The van der Waals surface area contributed by atoms with Crippen molar-refractivity contribution in [2.75, 3.05) is 40.5 Å². The molecule has 1 atom stereocenters.